The number of ether oxygens (including phenoxy) is 2. The topological polar surface area (TPSA) is 96.3 Å². The summed E-state index contributed by atoms with van der Waals surface area (Å²) >= 11 is 0. The van der Waals surface area contributed by atoms with Crippen molar-refractivity contribution >= 4 is 11.9 Å². The predicted octanol–water partition coefficient (Wildman–Crippen LogP) is 1.60. The summed E-state index contributed by atoms with van der Waals surface area (Å²) in [6.07, 6.45) is 4.10. The largest absolute Gasteiger partial charge is 0.469 e. The Bertz CT molecular complexity index is 848. The fraction of sp³-hybridized carbons (Fsp3) is 0.920. The third-order valence-corrected chi connectivity index (χ3v) is 11.3. The molecule has 4 aliphatic carbocycles. The number of aliphatic hydroxyl groups excluding tert-OH is 1. The van der Waals surface area contributed by atoms with Crippen LogP contribution in [0.2, 0.25) is 0 Å². The fourth-order valence-electron chi connectivity index (χ4n) is 10.5. The van der Waals surface area contributed by atoms with Gasteiger partial charge in [0, 0.05) is 42.8 Å². The number of esters is 2. The Morgan fingerprint density at radius 2 is 1.84 bits per heavy atom. The maximum atomic E-state index is 13.1. The Balaban J connectivity index is 1.63. The molecule has 11 atom stereocenters. The summed E-state index contributed by atoms with van der Waals surface area (Å²) < 4.78 is 11.0. The van der Waals surface area contributed by atoms with Gasteiger partial charge in [-0.3, -0.25) is 14.5 Å². The second kappa shape index (κ2) is 6.70. The summed E-state index contributed by atoms with van der Waals surface area (Å²) in [7, 11) is 1.44. The van der Waals surface area contributed by atoms with Crippen LogP contribution in [-0.2, 0) is 19.1 Å². The summed E-state index contributed by atoms with van der Waals surface area (Å²) in [6.45, 7) is 5.67. The molecule has 1 spiro atoms. The van der Waals surface area contributed by atoms with E-state index in [2.05, 4.69) is 11.8 Å². The van der Waals surface area contributed by atoms with E-state index in [1.54, 1.807) is 0 Å². The lowest BCUT2D eigenvalue weighted by molar-refractivity contribution is -0.296. The lowest BCUT2D eigenvalue weighted by Crippen LogP contribution is -2.78. The first-order valence-electron chi connectivity index (χ1n) is 12.6. The van der Waals surface area contributed by atoms with E-state index in [1.165, 1.54) is 14.0 Å². The molecular formula is C25H37NO6. The Labute approximate surface area is 189 Å². The predicted molar refractivity (Wildman–Crippen MR) is 114 cm³/mol. The van der Waals surface area contributed by atoms with Gasteiger partial charge in [0.2, 0.25) is 0 Å². The highest BCUT2D eigenvalue weighted by molar-refractivity contribution is 5.74. The van der Waals surface area contributed by atoms with E-state index < -0.39 is 22.5 Å². The minimum Gasteiger partial charge on any atom is -0.469 e. The van der Waals surface area contributed by atoms with E-state index in [9.17, 15) is 19.8 Å². The molecule has 0 aromatic heterocycles. The molecule has 2 N–H and O–H groups in total. The van der Waals surface area contributed by atoms with Gasteiger partial charge in [-0.25, -0.2) is 0 Å². The molecule has 2 aliphatic heterocycles. The smallest absolute Gasteiger partial charge is 0.309 e. The molecule has 0 aromatic rings. The molecule has 32 heavy (non-hydrogen) atoms. The van der Waals surface area contributed by atoms with Gasteiger partial charge in [0.25, 0.3) is 0 Å². The Morgan fingerprint density at radius 1 is 1.12 bits per heavy atom. The summed E-state index contributed by atoms with van der Waals surface area (Å²) in [6, 6.07) is 0.105. The van der Waals surface area contributed by atoms with Gasteiger partial charge in [-0.15, -0.1) is 0 Å². The van der Waals surface area contributed by atoms with E-state index in [1.807, 2.05) is 0 Å². The number of piperidine rings is 1. The zero-order chi connectivity index (χ0) is 22.6. The number of hydrogen-bond acceptors (Lipinski definition) is 7. The first kappa shape index (κ1) is 21.4. The van der Waals surface area contributed by atoms with Crippen LogP contribution in [0.3, 0.4) is 0 Å². The van der Waals surface area contributed by atoms with Crippen molar-refractivity contribution in [1.29, 1.82) is 0 Å². The molecule has 6 fully saturated rings. The number of aliphatic hydroxyl groups is 2. The summed E-state index contributed by atoms with van der Waals surface area (Å²) in [5.41, 5.74) is -2.45. The normalized spacial score (nSPS) is 55.3. The van der Waals surface area contributed by atoms with Crippen molar-refractivity contribution in [2.45, 2.75) is 70.1 Å². The number of carbonyl (C=O) groups excluding carboxylic acids is 2. The van der Waals surface area contributed by atoms with Gasteiger partial charge in [-0.2, -0.15) is 0 Å². The zero-order valence-electron chi connectivity index (χ0n) is 19.5. The van der Waals surface area contributed by atoms with Crippen LogP contribution in [0.25, 0.3) is 0 Å². The van der Waals surface area contributed by atoms with Gasteiger partial charge in [0.15, 0.2) is 0 Å². The van der Waals surface area contributed by atoms with Crippen LogP contribution in [0.5, 0.6) is 0 Å². The van der Waals surface area contributed by atoms with Crippen molar-refractivity contribution in [2.75, 3.05) is 26.8 Å². The SMILES string of the molecule is COC(=O)C1CC23C4C5CC(O)C2(COC(C)=O)C(CCC2CCC1C23O)CN4CC5C. The lowest BCUT2D eigenvalue weighted by Gasteiger charge is -2.70. The third kappa shape index (κ3) is 2.15. The third-order valence-electron chi connectivity index (χ3n) is 11.3. The van der Waals surface area contributed by atoms with Crippen LogP contribution in [0.15, 0.2) is 0 Å². The fourth-order valence-corrected chi connectivity index (χ4v) is 10.5. The van der Waals surface area contributed by atoms with Crippen LogP contribution in [0.1, 0.15) is 52.4 Å². The minimum atomic E-state index is -1.05. The van der Waals surface area contributed by atoms with Crippen molar-refractivity contribution in [2.24, 2.45) is 46.3 Å². The highest BCUT2D eigenvalue weighted by atomic mass is 16.5. The molecule has 2 saturated heterocycles. The quantitative estimate of drug-likeness (QED) is 0.635. The molecule has 4 bridgehead atoms. The van der Waals surface area contributed by atoms with Crippen LogP contribution in [0, 0.1) is 46.3 Å². The minimum absolute atomic E-state index is 0.105. The van der Waals surface area contributed by atoms with Crippen molar-refractivity contribution in [3.63, 3.8) is 0 Å². The molecule has 11 unspecified atom stereocenters. The van der Waals surface area contributed by atoms with Gasteiger partial charge in [-0.05, 0) is 62.2 Å². The molecule has 7 heteroatoms. The Kier molecular flexibility index (Phi) is 4.47. The molecule has 0 amide bonds. The first-order valence-corrected chi connectivity index (χ1v) is 12.6. The van der Waals surface area contributed by atoms with Crippen LogP contribution < -0.4 is 0 Å². The van der Waals surface area contributed by atoms with Crippen molar-refractivity contribution in [3.8, 4) is 0 Å². The van der Waals surface area contributed by atoms with Gasteiger partial charge in [-0.1, -0.05) is 6.92 Å². The summed E-state index contributed by atoms with van der Waals surface area (Å²) in [5.74, 6) is -0.161. The molecule has 6 aliphatic rings. The van der Waals surface area contributed by atoms with Crippen LogP contribution in [0.4, 0.5) is 0 Å². The number of methoxy groups -OCH3 is 1. The number of rotatable bonds is 3. The molecule has 0 aromatic carbocycles. The molecule has 178 valence electrons. The molecule has 0 radical (unpaired) electrons. The highest BCUT2D eigenvalue weighted by Gasteiger charge is 2.85. The number of carbonyl (C=O) groups is 2. The van der Waals surface area contributed by atoms with Crippen molar-refractivity contribution in [1.82, 2.24) is 4.90 Å². The van der Waals surface area contributed by atoms with E-state index >= 15 is 0 Å². The van der Waals surface area contributed by atoms with Crippen molar-refractivity contribution in [3.05, 3.63) is 0 Å². The van der Waals surface area contributed by atoms with Gasteiger partial charge in [0.05, 0.1) is 24.7 Å². The van der Waals surface area contributed by atoms with E-state index in [0.29, 0.717) is 18.8 Å². The highest BCUT2D eigenvalue weighted by Crippen LogP contribution is 2.79. The maximum Gasteiger partial charge on any atom is 0.309 e. The second-order valence-electron chi connectivity index (χ2n) is 11.9. The van der Waals surface area contributed by atoms with E-state index in [0.717, 1.165) is 38.8 Å². The standard InChI is InChI=1S/C25H37NO6/c1-13-10-26-11-16-5-4-15-6-7-19-18(22(29)31-3)9-24(25(15,19)30)21(26)17(13)8-20(28)23(16,24)12-32-14(2)27/h13,15-21,28,30H,4-12H2,1-3H3. The molecule has 2 heterocycles. The Morgan fingerprint density at radius 3 is 2.56 bits per heavy atom. The number of nitrogens with zero attached hydrogens (tertiary/aromatic N) is 1. The molecule has 7 nitrogen and oxygen atoms in total. The Hall–Kier alpha value is -1.18. The lowest BCUT2D eigenvalue weighted by atomic mass is 9.40. The van der Waals surface area contributed by atoms with Gasteiger partial charge >= 0.3 is 11.9 Å². The van der Waals surface area contributed by atoms with Gasteiger partial charge in [0.1, 0.15) is 6.61 Å². The first-order chi connectivity index (χ1) is 15.2. The molecular weight excluding hydrogens is 410 g/mol. The van der Waals surface area contributed by atoms with E-state index in [4.69, 9.17) is 9.47 Å². The summed E-state index contributed by atoms with van der Waals surface area (Å²) in [4.78, 5) is 27.7. The van der Waals surface area contributed by atoms with E-state index in [-0.39, 0.29) is 54.2 Å². The number of hydrogen-bond donors (Lipinski definition) is 2. The average molecular weight is 448 g/mol. The molecule has 4 saturated carbocycles. The second-order valence-corrected chi connectivity index (χ2v) is 11.9. The van der Waals surface area contributed by atoms with Crippen LogP contribution >= 0.6 is 0 Å². The monoisotopic (exact) mass is 447 g/mol. The summed E-state index contributed by atoms with van der Waals surface area (Å²) in [5, 5.41) is 24.9. The van der Waals surface area contributed by atoms with Gasteiger partial charge < -0.3 is 19.7 Å². The van der Waals surface area contributed by atoms with Crippen LogP contribution in [-0.4, -0.2) is 71.6 Å². The average Bonchev–Trinajstić information content (AvgIpc) is 3.32. The molecule has 6 rings (SSSR count). The maximum absolute atomic E-state index is 13.1. The van der Waals surface area contributed by atoms with Crippen molar-refractivity contribution < 1.29 is 29.3 Å². The zero-order valence-corrected chi connectivity index (χ0v) is 19.5.